The largest absolute Gasteiger partial charge is 0.494 e. The van der Waals surface area contributed by atoms with E-state index in [1.165, 1.54) is 18.4 Å². The number of piperidine rings is 1. The standard InChI is InChI=1S/C16H24N2O4S/c1-23(20,21)15-6-4-14(5-7-15)22-12-2-3-16(19)18-13-8-10-17-11-9-13/h4-7,13,17H,2-3,8-12H2,1H3,(H,18,19). The fourth-order valence-corrected chi connectivity index (χ4v) is 3.10. The molecule has 1 aliphatic heterocycles. The van der Waals surface area contributed by atoms with Gasteiger partial charge in [-0.1, -0.05) is 0 Å². The lowest BCUT2D eigenvalue weighted by Crippen LogP contribution is -2.42. The van der Waals surface area contributed by atoms with Crippen LogP contribution in [0.15, 0.2) is 29.2 Å². The van der Waals surface area contributed by atoms with E-state index in [-0.39, 0.29) is 16.8 Å². The Morgan fingerprint density at radius 1 is 1.26 bits per heavy atom. The first-order valence-corrected chi connectivity index (χ1v) is 9.77. The summed E-state index contributed by atoms with van der Waals surface area (Å²) in [4.78, 5) is 12.1. The molecule has 1 aromatic carbocycles. The molecule has 0 spiro atoms. The number of carbonyl (C=O) groups excluding carboxylic acids is 1. The fraction of sp³-hybridized carbons (Fsp3) is 0.562. The van der Waals surface area contributed by atoms with Crippen molar-refractivity contribution in [3.05, 3.63) is 24.3 Å². The van der Waals surface area contributed by atoms with E-state index in [1.54, 1.807) is 12.1 Å². The highest BCUT2D eigenvalue weighted by Gasteiger charge is 2.14. The summed E-state index contributed by atoms with van der Waals surface area (Å²) in [6, 6.07) is 6.59. The highest BCUT2D eigenvalue weighted by atomic mass is 32.2. The van der Waals surface area contributed by atoms with Crippen molar-refractivity contribution in [3.63, 3.8) is 0 Å². The summed E-state index contributed by atoms with van der Waals surface area (Å²) in [7, 11) is -3.18. The molecule has 0 aliphatic carbocycles. The number of sulfone groups is 1. The van der Waals surface area contributed by atoms with Gasteiger partial charge in [-0.3, -0.25) is 4.79 Å². The molecule has 0 unspecified atom stereocenters. The van der Waals surface area contributed by atoms with E-state index < -0.39 is 9.84 Å². The minimum Gasteiger partial charge on any atom is -0.494 e. The van der Waals surface area contributed by atoms with Crippen LogP contribution >= 0.6 is 0 Å². The second-order valence-corrected chi connectivity index (χ2v) is 7.80. The van der Waals surface area contributed by atoms with Crippen LogP contribution in [-0.4, -0.2) is 46.3 Å². The van der Waals surface area contributed by atoms with E-state index in [0.717, 1.165) is 25.9 Å². The predicted molar refractivity (Wildman–Crippen MR) is 88.3 cm³/mol. The number of hydrogen-bond donors (Lipinski definition) is 2. The van der Waals surface area contributed by atoms with Crippen molar-refractivity contribution in [2.75, 3.05) is 26.0 Å². The van der Waals surface area contributed by atoms with Gasteiger partial charge in [-0.05, 0) is 56.6 Å². The molecule has 0 aromatic heterocycles. The zero-order valence-electron chi connectivity index (χ0n) is 13.4. The number of carbonyl (C=O) groups is 1. The minimum atomic E-state index is -3.18. The molecule has 1 saturated heterocycles. The normalized spacial score (nSPS) is 16.0. The average molecular weight is 340 g/mol. The van der Waals surface area contributed by atoms with Crippen LogP contribution in [0.1, 0.15) is 25.7 Å². The van der Waals surface area contributed by atoms with E-state index in [1.807, 2.05) is 0 Å². The van der Waals surface area contributed by atoms with E-state index in [4.69, 9.17) is 4.74 Å². The SMILES string of the molecule is CS(=O)(=O)c1ccc(OCCCC(=O)NC2CCNCC2)cc1. The molecule has 128 valence electrons. The number of ether oxygens (including phenoxy) is 1. The van der Waals surface area contributed by atoms with Crippen LogP contribution in [0.2, 0.25) is 0 Å². The van der Waals surface area contributed by atoms with Crippen molar-refractivity contribution in [2.24, 2.45) is 0 Å². The Kier molecular flexibility index (Phi) is 6.41. The molecule has 2 rings (SSSR count). The molecule has 1 heterocycles. The number of rotatable bonds is 7. The highest BCUT2D eigenvalue weighted by Crippen LogP contribution is 2.16. The quantitative estimate of drug-likeness (QED) is 0.727. The zero-order chi connectivity index (χ0) is 16.7. The van der Waals surface area contributed by atoms with Gasteiger partial charge in [-0.15, -0.1) is 0 Å². The van der Waals surface area contributed by atoms with Gasteiger partial charge in [0, 0.05) is 18.7 Å². The highest BCUT2D eigenvalue weighted by molar-refractivity contribution is 7.90. The fourth-order valence-electron chi connectivity index (χ4n) is 2.47. The Hall–Kier alpha value is -1.60. The van der Waals surface area contributed by atoms with Gasteiger partial charge in [0.05, 0.1) is 11.5 Å². The van der Waals surface area contributed by atoms with Crippen LogP contribution < -0.4 is 15.4 Å². The number of hydrogen-bond acceptors (Lipinski definition) is 5. The summed E-state index contributed by atoms with van der Waals surface area (Å²) < 4.78 is 28.2. The van der Waals surface area contributed by atoms with E-state index in [0.29, 0.717) is 25.2 Å². The molecule has 1 amide bonds. The van der Waals surface area contributed by atoms with Crippen LogP contribution in [0.4, 0.5) is 0 Å². The van der Waals surface area contributed by atoms with Crippen LogP contribution in [0.3, 0.4) is 0 Å². The lowest BCUT2D eigenvalue weighted by Gasteiger charge is -2.23. The second-order valence-electron chi connectivity index (χ2n) is 5.79. The van der Waals surface area contributed by atoms with Gasteiger partial charge in [0.2, 0.25) is 5.91 Å². The molecule has 1 fully saturated rings. The third-order valence-electron chi connectivity index (χ3n) is 3.77. The molecular formula is C16H24N2O4S. The molecule has 0 bridgehead atoms. The van der Waals surface area contributed by atoms with Gasteiger partial charge in [0.25, 0.3) is 0 Å². The van der Waals surface area contributed by atoms with Crippen molar-refractivity contribution in [1.82, 2.24) is 10.6 Å². The van der Waals surface area contributed by atoms with Gasteiger partial charge in [-0.25, -0.2) is 8.42 Å². The monoisotopic (exact) mass is 340 g/mol. The Labute approximate surface area is 137 Å². The van der Waals surface area contributed by atoms with Crippen LogP contribution in [0.5, 0.6) is 5.75 Å². The topological polar surface area (TPSA) is 84.5 Å². The van der Waals surface area contributed by atoms with Crippen molar-refractivity contribution in [2.45, 2.75) is 36.6 Å². The van der Waals surface area contributed by atoms with Gasteiger partial charge in [0.15, 0.2) is 9.84 Å². The maximum atomic E-state index is 11.8. The lowest BCUT2D eigenvalue weighted by molar-refractivity contribution is -0.122. The van der Waals surface area contributed by atoms with E-state index in [9.17, 15) is 13.2 Å². The molecule has 0 radical (unpaired) electrons. The summed E-state index contributed by atoms with van der Waals surface area (Å²) in [6.07, 6.45) is 4.20. The van der Waals surface area contributed by atoms with Gasteiger partial charge in [0.1, 0.15) is 5.75 Å². The molecule has 6 nitrogen and oxygen atoms in total. The Bertz CT molecular complexity index is 607. The minimum absolute atomic E-state index is 0.0629. The first kappa shape index (κ1) is 17.7. The van der Waals surface area contributed by atoms with Crippen molar-refractivity contribution < 1.29 is 17.9 Å². The Morgan fingerprint density at radius 2 is 1.91 bits per heavy atom. The molecule has 0 saturated carbocycles. The van der Waals surface area contributed by atoms with Gasteiger partial charge < -0.3 is 15.4 Å². The van der Waals surface area contributed by atoms with E-state index in [2.05, 4.69) is 10.6 Å². The summed E-state index contributed by atoms with van der Waals surface area (Å²) >= 11 is 0. The number of nitrogens with one attached hydrogen (secondary N) is 2. The molecule has 1 aromatic rings. The van der Waals surface area contributed by atoms with Crippen molar-refractivity contribution >= 4 is 15.7 Å². The third kappa shape index (κ3) is 6.19. The molecule has 0 atom stereocenters. The van der Waals surface area contributed by atoms with Crippen molar-refractivity contribution in [3.8, 4) is 5.75 Å². The molecule has 2 N–H and O–H groups in total. The summed E-state index contributed by atoms with van der Waals surface area (Å²) in [5.41, 5.74) is 0. The Morgan fingerprint density at radius 3 is 2.52 bits per heavy atom. The first-order chi connectivity index (χ1) is 10.9. The zero-order valence-corrected chi connectivity index (χ0v) is 14.2. The summed E-state index contributed by atoms with van der Waals surface area (Å²) in [5.74, 6) is 0.670. The lowest BCUT2D eigenvalue weighted by atomic mass is 10.1. The van der Waals surface area contributed by atoms with Gasteiger partial charge in [-0.2, -0.15) is 0 Å². The third-order valence-corrected chi connectivity index (χ3v) is 4.90. The molecule has 1 aliphatic rings. The molecule has 7 heteroatoms. The number of amides is 1. The molecule has 23 heavy (non-hydrogen) atoms. The average Bonchev–Trinajstić information content (AvgIpc) is 2.52. The summed E-state index contributed by atoms with van der Waals surface area (Å²) in [6.45, 7) is 2.34. The van der Waals surface area contributed by atoms with Gasteiger partial charge >= 0.3 is 0 Å². The maximum absolute atomic E-state index is 11.8. The van der Waals surface area contributed by atoms with E-state index >= 15 is 0 Å². The van der Waals surface area contributed by atoms with Crippen LogP contribution in [-0.2, 0) is 14.6 Å². The molecular weight excluding hydrogens is 316 g/mol. The number of benzene rings is 1. The van der Waals surface area contributed by atoms with Crippen LogP contribution in [0.25, 0.3) is 0 Å². The Balaban J connectivity index is 1.65. The predicted octanol–water partition coefficient (Wildman–Crippen LogP) is 1.12. The second kappa shape index (κ2) is 8.31. The summed E-state index contributed by atoms with van der Waals surface area (Å²) in [5, 5.41) is 6.30. The smallest absolute Gasteiger partial charge is 0.220 e. The van der Waals surface area contributed by atoms with Crippen molar-refractivity contribution in [1.29, 1.82) is 0 Å². The van der Waals surface area contributed by atoms with Crippen LogP contribution in [0, 0.1) is 0 Å². The maximum Gasteiger partial charge on any atom is 0.220 e. The first-order valence-electron chi connectivity index (χ1n) is 7.88.